The zero-order chi connectivity index (χ0) is 24.7. The molecule has 11 heteroatoms. The van der Waals surface area contributed by atoms with Crippen LogP contribution in [0.4, 0.5) is 4.39 Å². The van der Waals surface area contributed by atoms with E-state index in [1.165, 1.54) is 31.6 Å². The number of thioether (sulfide) groups is 1. The number of ether oxygens (including phenoxy) is 3. The van der Waals surface area contributed by atoms with Gasteiger partial charge in [-0.25, -0.2) is 14.4 Å². The van der Waals surface area contributed by atoms with Crippen LogP contribution < -0.4 is 14.2 Å². The van der Waals surface area contributed by atoms with Gasteiger partial charge in [0, 0.05) is 19.0 Å². The molecule has 0 saturated carbocycles. The third-order valence-corrected chi connectivity index (χ3v) is 5.13. The van der Waals surface area contributed by atoms with E-state index in [0.717, 1.165) is 0 Å². The second kappa shape index (κ2) is 11.8. The monoisotopic (exact) mass is 506 g/mol. The molecule has 34 heavy (non-hydrogen) atoms. The molecule has 0 bridgehead atoms. The number of nitrogens with zero attached hydrogens (tertiary/aromatic N) is 4. The number of hydrogen-bond acceptors (Lipinski definition) is 8. The molecule has 1 aliphatic heterocycles. The summed E-state index contributed by atoms with van der Waals surface area (Å²) in [5.41, 5.74) is 0.788. The number of fused-ring (bicyclic) bond motifs is 1. The maximum Gasteiger partial charge on any atom is 0.249 e. The van der Waals surface area contributed by atoms with E-state index in [4.69, 9.17) is 25.8 Å². The fourth-order valence-electron chi connectivity index (χ4n) is 3.22. The summed E-state index contributed by atoms with van der Waals surface area (Å²) in [6, 6.07) is 6.24. The van der Waals surface area contributed by atoms with Crippen LogP contribution >= 0.6 is 23.4 Å². The zero-order valence-corrected chi connectivity index (χ0v) is 20.5. The Bertz CT molecular complexity index is 1180. The van der Waals surface area contributed by atoms with Gasteiger partial charge in [-0.1, -0.05) is 18.2 Å². The number of hydrogen-bond donors (Lipinski definition) is 0. The van der Waals surface area contributed by atoms with Crippen molar-refractivity contribution in [2.24, 2.45) is 0 Å². The lowest BCUT2D eigenvalue weighted by atomic mass is 10.3. The Balaban J connectivity index is 0.00000103. The molecule has 2 aromatic heterocycles. The number of amides is 1. The number of rotatable bonds is 6. The number of pyridine rings is 1. The molecular weight excluding hydrogens is 483 g/mol. The van der Waals surface area contributed by atoms with Gasteiger partial charge in [-0.2, -0.15) is 16.7 Å². The van der Waals surface area contributed by atoms with Crippen molar-refractivity contribution >= 4 is 40.3 Å². The molecule has 0 radical (unpaired) electrons. The first-order valence-electron chi connectivity index (χ1n) is 10.2. The highest BCUT2D eigenvalue weighted by Gasteiger charge is 2.27. The van der Waals surface area contributed by atoms with Gasteiger partial charge in [0.05, 0.1) is 19.2 Å². The Morgan fingerprint density at radius 2 is 2.00 bits per heavy atom. The van der Waals surface area contributed by atoms with Crippen LogP contribution in [0.1, 0.15) is 6.42 Å². The first kappa shape index (κ1) is 25.5. The fourth-order valence-corrected chi connectivity index (χ4v) is 3.45. The lowest BCUT2D eigenvalue weighted by molar-refractivity contribution is -0.125. The summed E-state index contributed by atoms with van der Waals surface area (Å²) in [7, 11) is 1.39. The van der Waals surface area contributed by atoms with Gasteiger partial charge in [0.2, 0.25) is 17.7 Å². The van der Waals surface area contributed by atoms with Crippen molar-refractivity contribution in [3.05, 3.63) is 54.1 Å². The van der Waals surface area contributed by atoms with Crippen LogP contribution in [-0.4, -0.2) is 64.6 Å². The van der Waals surface area contributed by atoms with E-state index in [1.807, 2.05) is 12.5 Å². The minimum absolute atomic E-state index is 0.0467. The minimum atomic E-state index is -0.780. The van der Waals surface area contributed by atoms with Crippen molar-refractivity contribution in [3.8, 4) is 23.3 Å². The van der Waals surface area contributed by atoms with Gasteiger partial charge in [-0.3, -0.25) is 4.79 Å². The Morgan fingerprint density at radius 1 is 1.26 bits per heavy atom. The van der Waals surface area contributed by atoms with E-state index in [0.29, 0.717) is 36.4 Å². The average Bonchev–Trinajstić information content (AvgIpc) is 3.31. The summed E-state index contributed by atoms with van der Waals surface area (Å²) in [5.74, 6) is -0.495. The molecule has 1 aromatic carbocycles. The highest BCUT2D eigenvalue weighted by molar-refractivity contribution is 7.97. The lowest BCUT2D eigenvalue weighted by Crippen LogP contribution is -2.29. The lowest BCUT2D eigenvalue weighted by Gasteiger charge is -2.15. The second-order valence-corrected chi connectivity index (χ2v) is 8.31. The van der Waals surface area contributed by atoms with Crippen LogP contribution in [0.15, 0.2) is 43.2 Å². The molecule has 0 spiro atoms. The Labute approximate surface area is 206 Å². The molecular formula is C23H24ClFN4O4S. The smallest absolute Gasteiger partial charge is 0.249 e. The van der Waals surface area contributed by atoms with Crippen molar-refractivity contribution in [2.75, 3.05) is 32.7 Å². The summed E-state index contributed by atoms with van der Waals surface area (Å²) >= 11 is 7.72. The standard InChI is InChI=1S/C21H18ClFN4O4.C2H6S/c1-3-17(28)27-9-8-12(10-27)30-16-7-4-13-20(26-16)21(25-11-24-13)31-15-6-5-14(29-2)18(22)19(15)23;1-3-2/h3-7,11-12H,1,8-10H2,2H3;1-2H3. The topological polar surface area (TPSA) is 86.7 Å². The normalized spacial score (nSPS) is 14.9. The van der Waals surface area contributed by atoms with Gasteiger partial charge in [-0.15, -0.1) is 0 Å². The zero-order valence-electron chi connectivity index (χ0n) is 19.0. The van der Waals surface area contributed by atoms with Crippen LogP contribution in [0.5, 0.6) is 23.3 Å². The van der Waals surface area contributed by atoms with Gasteiger partial charge >= 0.3 is 0 Å². The van der Waals surface area contributed by atoms with Gasteiger partial charge in [0.25, 0.3) is 0 Å². The Hall–Kier alpha value is -3.11. The second-order valence-electron chi connectivity index (χ2n) is 7.12. The van der Waals surface area contributed by atoms with E-state index in [-0.39, 0.29) is 34.4 Å². The number of methoxy groups -OCH3 is 1. The summed E-state index contributed by atoms with van der Waals surface area (Å²) in [4.78, 5) is 26.1. The summed E-state index contributed by atoms with van der Waals surface area (Å²) in [6.45, 7) is 4.52. The Morgan fingerprint density at radius 3 is 2.71 bits per heavy atom. The summed E-state index contributed by atoms with van der Waals surface area (Å²) < 4.78 is 31.1. The first-order chi connectivity index (χ1) is 16.4. The van der Waals surface area contributed by atoms with Crippen LogP contribution in [0.2, 0.25) is 5.02 Å². The van der Waals surface area contributed by atoms with Gasteiger partial charge in [0.15, 0.2) is 17.1 Å². The van der Waals surface area contributed by atoms with Crippen LogP contribution in [0.25, 0.3) is 11.0 Å². The number of benzene rings is 1. The van der Waals surface area contributed by atoms with E-state index in [9.17, 15) is 9.18 Å². The molecule has 1 atom stereocenters. The number of halogens is 2. The third-order valence-electron chi connectivity index (χ3n) is 4.78. The van der Waals surface area contributed by atoms with Crippen molar-refractivity contribution in [2.45, 2.75) is 12.5 Å². The average molecular weight is 507 g/mol. The maximum absolute atomic E-state index is 14.6. The van der Waals surface area contributed by atoms with Gasteiger partial charge in [0.1, 0.15) is 23.2 Å². The molecule has 4 rings (SSSR count). The third kappa shape index (κ3) is 5.87. The van der Waals surface area contributed by atoms with E-state index < -0.39 is 5.82 Å². The summed E-state index contributed by atoms with van der Waals surface area (Å²) in [5, 5.41) is -0.199. The molecule has 180 valence electrons. The Kier molecular flexibility index (Phi) is 8.89. The highest BCUT2D eigenvalue weighted by Crippen LogP contribution is 2.36. The maximum atomic E-state index is 14.6. The molecule has 8 nitrogen and oxygen atoms in total. The number of carbonyl (C=O) groups excluding carboxylic acids is 1. The van der Waals surface area contributed by atoms with E-state index >= 15 is 0 Å². The van der Waals surface area contributed by atoms with E-state index in [2.05, 4.69) is 21.5 Å². The number of carbonyl (C=O) groups is 1. The minimum Gasteiger partial charge on any atom is -0.495 e. The van der Waals surface area contributed by atoms with Crippen molar-refractivity contribution in [1.82, 2.24) is 19.9 Å². The molecule has 1 amide bonds. The number of aromatic nitrogens is 3. The molecule has 1 saturated heterocycles. The largest absolute Gasteiger partial charge is 0.495 e. The summed E-state index contributed by atoms with van der Waals surface area (Å²) in [6.07, 6.45) is 7.12. The van der Waals surface area contributed by atoms with Crippen molar-refractivity contribution in [1.29, 1.82) is 0 Å². The molecule has 0 N–H and O–H groups in total. The van der Waals surface area contributed by atoms with Crippen LogP contribution in [0, 0.1) is 5.82 Å². The molecule has 1 unspecified atom stereocenters. The van der Waals surface area contributed by atoms with Crippen LogP contribution in [-0.2, 0) is 4.79 Å². The van der Waals surface area contributed by atoms with Gasteiger partial charge < -0.3 is 19.1 Å². The predicted molar refractivity (Wildman–Crippen MR) is 131 cm³/mol. The molecule has 1 fully saturated rings. The highest BCUT2D eigenvalue weighted by atomic mass is 35.5. The van der Waals surface area contributed by atoms with Crippen LogP contribution in [0.3, 0.4) is 0 Å². The molecule has 0 aliphatic carbocycles. The number of likely N-dealkylation sites (tertiary alicyclic amines) is 1. The van der Waals surface area contributed by atoms with Gasteiger partial charge in [-0.05, 0) is 36.8 Å². The van der Waals surface area contributed by atoms with E-state index in [1.54, 1.807) is 28.8 Å². The first-order valence-corrected chi connectivity index (χ1v) is 12.2. The quantitative estimate of drug-likeness (QED) is 0.442. The van der Waals surface area contributed by atoms with Crippen molar-refractivity contribution in [3.63, 3.8) is 0 Å². The predicted octanol–water partition coefficient (Wildman–Crippen LogP) is 4.76. The fraction of sp³-hybridized carbons (Fsp3) is 0.304. The molecule has 3 heterocycles. The molecule has 3 aromatic rings. The molecule has 1 aliphatic rings. The SMILES string of the molecule is C=CC(=O)N1CCC(Oc2ccc3ncnc(Oc4ccc(OC)c(Cl)c4F)c3n2)C1.CSC. The van der Waals surface area contributed by atoms with Crippen molar-refractivity contribution < 1.29 is 23.4 Å².